The Bertz CT molecular complexity index is 284. The van der Waals surface area contributed by atoms with Crippen LogP contribution in [0.25, 0.3) is 0 Å². The van der Waals surface area contributed by atoms with Gasteiger partial charge < -0.3 is 9.47 Å². The van der Waals surface area contributed by atoms with Crippen molar-refractivity contribution in [3.63, 3.8) is 0 Å². The molecule has 0 amide bonds. The Labute approximate surface area is 91.2 Å². The molecule has 0 N–H and O–H groups in total. The molecule has 1 aromatic rings. The summed E-state index contributed by atoms with van der Waals surface area (Å²) in [7, 11) is 0. The highest BCUT2D eigenvalue weighted by molar-refractivity contribution is 5.13. The van der Waals surface area contributed by atoms with Crippen LogP contribution in [0.5, 0.6) is 0 Å². The van der Waals surface area contributed by atoms with Crippen LogP contribution in [0, 0.1) is 5.92 Å². The third-order valence-corrected chi connectivity index (χ3v) is 2.70. The quantitative estimate of drug-likeness (QED) is 0.754. The highest BCUT2D eigenvalue weighted by Crippen LogP contribution is 2.19. The maximum Gasteiger partial charge on any atom is 0.0812 e. The predicted molar refractivity (Wildman–Crippen MR) is 59.6 cm³/mol. The molecule has 2 rings (SSSR count). The SMILES string of the molecule is C[C@@H]1CO[C@@H](COCc2ccccc2)C1. The van der Waals surface area contributed by atoms with E-state index in [9.17, 15) is 0 Å². The zero-order valence-corrected chi connectivity index (χ0v) is 9.19. The first kappa shape index (κ1) is 10.7. The predicted octanol–water partition coefficient (Wildman–Crippen LogP) is 2.63. The van der Waals surface area contributed by atoms with Crippen LogP contribution in [0.3, 0.4) is 0 Å². The Hall–Kier alpha value is -0.860. The number of hydrogen-bond donors (Lipinski definition) is 0. The van der Waals surface area contributed by atoms with Gasteiger partial charge in [-0.25, -0.2) is 0 Å². The molecule has 0 aliphatic carbocycles. The monoisotopic (exact) mass is 206 g/mol. The maximum atomic E-state index is 5.63. The lowest BCUT2D eigenvalue weighted by Crippen LogP contribution is -2.14. The molecule has 2 atom stereocenters. The van der Waals surface area contributed by atoms with Crippen molar-refractivity contribution >= 4 is 0 Å². The van der Waals surface area contributed by atoms with Crippen molar-refractivity contribution in [2.75, 3.05) is 13.2 Å². The van der Waals surface area contributed by atoms with Gasteiger partial charge in [-0.15, -0.1) is 0 Å². The van der Waals surface area contributed by atoms with Crippen LogP contribution in [0.1, 0.15) is 18.9 Å². The standard InChI is InChI=1S/C13H18O2/c1-11-7-13(15-8-11)10-14-9-12-5-3-2-4-6-12/h2-6,11,13H,7-10H2,1H3/t11-,13+/m0/s1. The second-order valence-electron chi connectivity index (χ2n) is 4.30. The molecule has 0 spiro atoms. The summed E-state index contributed by atoms with van der Waals surface area (Å²) in [5.74, 6) is 0.690. The van der Waals surface area contributed by atoms with E-state index in [1.807, 2.05) is 18.2 Å². The normalized spacial score (nSPS) is 25.7. The van der Waals surface area contributed by atoms with Gasteiger partial charge in [-0.3, -0.25) is 0 Å². The van der Waals surface area contributed by atoms with Crippen LogP contribution in [-0.2, 0) is 16.1 Å². The van der Waals surface area contributed by atoms with Crippen molar-refractivity contribution in [3.05, 3.63) is 35.9 Å². The first-order valence-corrected chi connectivity index (χ1v) is 5.58. The van der Waals surface area contributed by atoms with Gasteiger partial charge in [0, 0.05) is 6.61 Å². The summed E-state index contributed by atoms with van der Waals surface area (Å²) in [6.45, 7) is 4.52. The van der Waals surface area contributed by atoms with E-state index in [1.54, 1.807) is 0 Å². The first-order chi connectivity index (χ1) is 7.34. The van der Waals surface area contributed by atoms with E-state index >= 15 is 0 Å². The van der Waals surface area contributed by atoms with Gasteiger partial charge in [0.25, 0.3) is 0 Å². The second kappa shape index (κ2) is 5.29. The summed E-state index contributed by atoms with van der Waals surface area (Å²) in [6.07, 6.45) is 1.44. The third kappa shape index (κ3) is 3.33. The van der Waals surface area contributed by atoms with E-state index in [4.69, 9.17) is 9.47 Å². The van der Waals surface area contributed by atoms with Crippen LogP contribution >= 0.6 is 0 Å². The molecule has 1 heterocycles. The van der Waals surface area contributed by atoms with Crippen LogP contribution < -0.4 is 0 Å². The minimum absolute atomic E-state index is 0.309. The lowest BCUT2D eigenvalue weighted by Gasteiger charge is -2.09. The molecule has 15 heavy (non-hydrogen) atoms. The maximum absolute atomic E-state index is 5.63. The Morgan fingerprint density at radius 3 is 2.80 bits per heavy atom. The summed E-state index contributed by atoms with van der Waals surface area (Å²) >= 11 is 0. The van der Waals surface area contributed by atoms with Crippen LogP contribution in [0.4, 0.5) is 0 Å². The number of ether oxygens (including phenoxy) is 2. The van der Waals surface area contributed by atoms with Crippen LogP contribution in [0.2, 0.25) is 0 Å². The van der Waals surface area contributed by atoms with Crippen molar-refractivity contribution in [3.8, 4) is 0 Å². The van der Waals surface area contributed by atoms with E-state index in [-0.39, 0.29) is 0 Å². The van der Waals surface area contributed by atoms with Gasteiger partial charge >= 0.3 is 0 Å². The van der Waals surface area contributed by atoms with Gasteiger partial charge in [-0.05, 0) is 17.9 Å². The molecule has 82 valence electrons. The molecule has 2 nitrogen and oxygen atoms in total. The summed E-state index contributed by atoms with van der Waals surface area (Å²) in [4.78, 5) is 0. The third-order valence-electron chi connectivity index (χ3n) is 2.70. The highest BCUT2D eigenvalue weighted by Gasteiger charge is 2.21. The summed E-state index contributed by atoms with van der Waals surface area (Å²) in [6, 6.07) is 10.3. The molecule has 1 saturated heterocycles. The zero-order valence-electron chi connectivity index (χ0n) is 9.19. The van der Waals surface area contributed by atoms with Gasteiger partial charge in [0.2, 0.25) is 0 Å². The minimum Gasteiger partial charge on any atom is -0.376 e. The molecule has 0 unspecified atom stereocenters. The number of hydrogen-bond acceptors (Lipinski definition) is 2. The summed E-state index contributed by atoms with van der Waals surface area (Å²) in [5, 5.41) is 0. The first-order valence-electron chi connectivity index (χ1n) is 5.58. The molecule has 2 heteroatoms. The minimum atomic E-state index is 0.309. The molecule has 0 bridgehead atoms. The fourth-order valence-electron chi connectivity index (χ4n) is 1.88. The molecular formula is C13H18O2. The van der Waals surface area contributed by atoms with E-state index in [0.717, 1.165) is 19.6 Å². The van der Waals surface area contributed by atoms with Crippen LogP contribution in [0.15, 0.2) is 30.3 Å². The Morgan fingerprint density at radius 2 is 2.13 bits per heavy atom. The van der Waals surface area contributed by atoms with Gasteiger partial charge in [0.05, 0.1) is 19.3 Å². The Kier molecular flexibility index (Phi) is 3.75. The molecular weight excluding hydrogens is 188 g/mol. The van der Waals surface area contributed by atoms with Gasteiger partial charge in [-0.2, -0.15) is 0 Å². The molecule has 1 fully saturated rings. The molecule has 0 radical (unpaired) electrons. The van der Waals surface area contributed by atoms with Crippen molar-refractivity contribution in [2.24, 2.45) is 5.92 Å². The van der Waals surface area contributed by atoms with Crippen LogP contribution in [-0.4, -0.2) is 19.3 Å². The Morgan fingerprint density at radius 1 is 1.33 bits per heavy atom. The smallest absolute Gasteiger partial charge is 0.0812 e. The number of benzene rings is 1. The lowest BCUT2D eigenvalue weighted by molar-refractivity contribution is 0.0101. The fraction of sp³-hybridized carbons (Fsp3) is 0.538. The molecule has 1 aliphatic heterocycles. The van der Waals surface area contributed by atoms with Crippen molar-refractivity contribution in [1.29, 1.82) is 0 Å². The van der Waals surface area contributed by atoms with Gasteiger partial charge in [-0.1, -0.05) is 37.3 Å². The van der Waals surface area contributed by atoms with E-state index in [0.29, 0.717) is 18.6 Å². The van der Waals surface area contributed by atoms with Gasteiger partial charge in [0.1, 0.15) is 0 Å². The molecule has 1 aromatic carbocycles. The average molecular weight is 206 g/mol. The van der Waals surface area contributed by atoms with E-state index < -0.39 is 0 Å². The highest BCUT2D eigenvalue weighted by atomic mass is 16.5. The lowest BCUT2D eigenvalue weighted by atomic mass is 10.1. The van der Waals surface area contributed by atoms with E-state index in [2.05, 4.69) is 19.1 Å². The number of rotatable bonds is 4. The van der Waals surface area contributed by atoms with Crippen molar-refractivity contribution in [1.82, 2.24) is 0 Å². The van der Waals surface area contributed by atoms with Gasteiger partial charge in [0.15, 0.2) is 0 Å². The van der Waals surface area contributed by atoms with E-state index in [1.165, 1.54) is 5.56 Å². The van der Waals surface area contributed by atoms with Crippen molar-refractivity contribution < 1.29 is 9.47 Å². The van der Waals surface area contributed by atoms with Crippen molar-refractivity contribution in [2.45, 2.75) is 26.1 Å². The fourth-order valence-corrected chi connectivity index (χ4v) is 1.88. The summed E-state index contributed by atoms with van der Waals surface area (Å²) < 4.78 is 11.2. The molecule has 0 saturated carbocycles. The largest absolute Gasteiger partial charge is 0.376 e. The topological polar surface area (TPSA) is 18.5 Å². The zero-order chi connectivity index (χ0) is 10.5. The molecule has 1 aliphatic rings. The Balaban J connectivity index is 1.67. The second-order valence-corrected chi connectivity index (χ2v) is 4.30. The summed E-state index contributed by atoms with van der Waals surface area (Å²) in [5.41, 5.74) is 1.23. The molecule has 0 aromatic heterocycles. The average Bonchev–Trinajstić information content (AvgIpc) is 2.66.